The van der Waals surface area contributed by atoms with E-state index in [9.17, 15) is 5.11 Å². The minimum absolute atomic E-state index is 0.0147. The zero-order valence-electron chi connectivity index (χ0n) is 7.56. The molecule has 2 unspecified atom stereocenters. The van der Waals surface area contributed by atoms with Gasteiger partial charge in [-0.2, -0.15) is 0 Å². The molecule has 1 aliphatic rings. The normalized spacial score (nSPS) is 24.9. The quantitative estimate of drug-likeness (QED) is 0.787. The van der Waals surface area contributed by atoms with Gasteiger partial charge in [0, 0.05) is 6.61 Å². The minimum Gasteiger partial charge on any atom is -0.385 e. The molecule has 0 aromatic carbocycles. The second-order valence-corrected chi connectivity index (χ2v) is 4.18. The molecule has 0 amide bonds. The van der Waals surface area contributed by atoms with Gasteiger partial charge in [0.15, 0.2) is 0 Å². The lowest BCUT2D eigenvalue weighted by atomic mass is 10.1. The Kier molecular flexibility index (Phi) is 2.62. The molecule has 1 aromatic heterocycles. The number of ether oxygens (including phenoxy) is 1. The van der Waals surface area contributed by atoms with Crippen LogP contribution in [0.15, 0.2) is 5.51 Å². The first-order valence-corrected chi connectivity index (χ1v) is 5.36. The number of thiazole rings is 1. The van der Waals surface area contributed by atoms with Crippen LogP contribution in [0.5, 0.6) is 0 Å². The van der Waals surface area contributed by atoms with Crippen molar-refractivity contribution in [1.29, 1.82) is 0 Å². The molecular formula is C9H13NO2S. The lowest BCUT2D eigenvalue weighted by Gasteiger charge is -2.16. The van der Waals surface area contributed by atoms with Crippen LogP contribution >= 0.6 is 11.3 Å². The molecule has 0 saturated carbocycles. The predicted octanol–water partition coefficient (Wildman–Crippen LogP) is 1.66. The molecule has 1 aromatic rings. The average molecular weight is 199 g/mol. The van der Waals surface area contributed by atoms with Crippen LogP contribution in [0.25, 0.3) is 0 Å². The summed E-state index contributed by atoms with van der Waals surface area (Å²) in [6.45, 7) is 2.70. The third-order valence-electron chi connectivity index (χ3n) is 2.37. The van der Waals surface area contributed by atoms with Gasteiger partial charge in [0.1, 0.15) is 6.10 Å². The Morgan fingerprint density at radius 1 is 1.77 bits per heavy atom. The molecule has 1 fully saturated rings. The monoisotopic (exact) mass is 199 g/mol. The lowest BCUT2D eigenvalue weighted by molar-refractivity contribution is -0.00116. The molecule has 0 bridgehead atoms. The highest BCUT2D eigenvalue weighted by molar-refractivity contribution is 7.09. The van der Waals surface area contributed by atoms with Crippen LogP contribution in [-0.2, 0) is 4.74 Å². The summed E-state index contributed by atoms with van der Waals surface area (Å²) < 4.78 is 5.42. The summed E-state index contributed by atoms with van der Waals surface area (Å²) in [7, 11) is 0. The third kappa shape index (κ3) is 1.75. The van der Waals surface area contributed by atoms with E-state index >= 15 is 0 Å². The minimum atomic E-state index is -0.477. The third-order valence-corrected chi connectivity index (χ3v) is 3.37. The number of aliphatic hydroxyl groups is 1. The summed E-state index contributed by atoms with van der Waals surface area (Å²) in [6.07, 6.45) is 1.52. The Bertz CT molecular complexity index is 281. The summed E-state index contributed by atoms with van der Waals surface area (Å²) in [5.74, 6) is 0. The van der Waals surface area contributed by atoms with E-state index in [1.807, 2.05) is 6.92 Å². The molecule has 3 nitrogen and oxygen atoms in total. The molecule has 13 heavy (non-hydrogen) atoms. The van der Waals surface area contributed by atoms with Crippen molar-refractivity contribution in [1.82, 2.24) is 4.98 Å². The van der Waals surface area contributed by atoms with Crippen molar-refractivity contribution < 1.29 is 9.84 Å². The smallest absolute Gasteiger partial charge is 0.116 e. The van der Waals surface area contributed by atoms with Gasteiger partial charge in [-0.15, -0.1) is 11.3 Å². The Hall–Kier alpha value is -0.450. The van der Waals surface area contributed by atoms with E-state index in [0.717, 1.165) is 30.0 Å². The Labute approximate surface area is 81.4 Å². The maximum Gasteiger partial charge on any atom is 0.116 e. The van der Waals surface area contributed by atoms with Crippen molar-refractivity contribution in [3.8, 4) is 0 Å². The van der Waals surface area contributed by atoms with E-state index in [-0.39, 0.29) is 6.10 Å². The van der Waals surface area contributed by atoms with Gasteiger partial charge in [-0.1, -0.05) is 0 Å². The van der Waals surface area contributed by atoms with Gasteiger partial charge in [0.2, 0.25) is 0 Å². The maximum atomic E-state index is 9.94. The van der Waals surface area contributed by atoms with Crippen LogP contribution in [0, 0.1) is 6.92 Å². The van der Waals surface area contributed by atoms with Crippen molar-refractivity contribution in [3.05, 3.63) is 16.1 Å². The largest absolute Gasteiger partial charge is 0.385 e. The lowest BCUT2D eigenvalue weighted by Crippen LogP contribution is -2.16. The number of hydrogen-bond acceptors (Lipinski definition) is 4. The fraction of sp³-hybridized carbons (Fsp3) is 0.667. The van der Waals surface area contributed by atoms with Crippen molar-refractivity contribution in [2.45, 2.75) is 32.0 Å². The Morgan fingerprint density at radius 3 is 3.15 bits per heavy atom. The molecule has 1 N–H and O–H groups in total. The molecule has 1 aliphatic heterocycles. The van der Waals surface area contributed by atoms with Crippen molar-refractivity contribution in [2.75, 3.05) is 6.61 Å². The van der Waals surface area contributed by atoms with Gasteiger partial charge in [-0.05, 0) is 19.8 Å². The molecule has 0 aliphatic carbocycles. The fourth-order valence-electron chi connectivity index (χ4n) is 1.62. The molecule has 0 spiro atoms. The number of aliphatic hydroxyl groups excluding tert-OH is 1. The van der Waals surface area contributed by atoms with Crippen LogP contribution < -0.4 is 0 Å². The van der Waals surface area contributed by atoms with Crippen molar-refractivity contribution >= 4 is 11.3 Å². The topological polar surface area (TPSA) is 42.4 Å². The first-order chi connectivity index (χ1) is 6.29. The van der Waals surface area contributed by atoms with E-state index in [2.05, 4.69) is 4.98 Å². The standard InChI is InChI=1S/C9H13NO2S/c1-6-9(13-5-10-6)8(11)7-3-2-4-12-7/h5,7-8,11H,2-4H2,1H3. The second-order valence-electron chi connectivity index (χ2n) is 3.30. The summed E-state index contributed by atoms with van der Waals surface area (Å²) in [5.41, 5.74) is 2.69. The zero-order valence-corrected chi connectivity index (χ0v) is 8.38. The highest BCUT2D eigenvalue weighted by Gasteiger charge is 2.27. The van der Waals surface area contributed by atoms with Gasteiger partial charge in [-0.25, -0.2) is 4.98 Å². The van der Waals surface area contributed by atoms with Gasteiger partial charge in [0.25, 0.3) is 0 Å². The molecule has 2 heterocycles. The van der Waals surface area contributed by atoms with Crippen molar-refractivity contribution in [3.63, 3.8) is 0 Å². The highest BCUT2D eigenvalue weighted by atomic mass is 32.1. The molecule has 4 heteroatoms. The van der Waals surface area contributed by atoms with Crippen LogP contribution in [0.3, 0.4) is 0 Å². The van der Waals surface area contributed by atoms with Crippen LogP contribution in [0.2, 0.25) is 0 Å². The number of nitrogens with zero attached hydrogens (tertiary/aromatic N) is 1. The van der Waals surface area contributed by atoms with E-state index in [4.69, 9.17) is 4.74 Å². The summed E-state index contributed by atoms with van der Waals surface area (Å²) >= 11 is 1.50. The molecule has 2 atom stereocenters. The number of aromatic nitrogens is 1. The van der Waals surface area contributed by atoms with Gasteiger partial charge >= 0.3 is 0 Å². The van der Waals surface area contributed by atoms with Crippen LogP contribution in [0.4, 0.5) is 0 Å². The first kappa shape index (κ1) is 9.12. The van der Waals surface area contributed by atoms with E-state index in [1.165, 1.54) is 11.3 Å². The van der Waals surface area contributed by atoms with Crippen molar-refractivity contribution in [2.24, 2.45) is 0 Å². The SMILES string of the molecule is Cc1ncsc1C(O)C1CCCO1. The van der Waals surface area contributed by atoms with Crippen LogP contribution in [-0.4, -0.2) is 22.8 Å². The molecule has 1 saturated heterocycles. The molecule has 2 rings (SSSR count). The van der Waals surface area contributed by atoms with E-state index in [1.54, 1.807) is 5.51 Å². The second kappa shape index (κ2) is 3.74. The number of hydrogen-bond donors (Lipinski definition) is 1. The average Bonchev–Trinajstić information content (AvgIpc) is 2.72. The zero-order chi connectivity index (χ0) is 9.26. The maximum absolute atomic E-state index is 9.94. The first-order valence-electron chi connectivity index (χ1n) is 4.48. The number of rotatable bonds is 2. The highest BCUT2D eigenvalue weighted by Crippen LogP contribution is 2.30. The summed E-state index contributed by atoms with van der Waals surface area (Å²) in [4.78, 5) is 5.06. The Morgan fingerprint density at radius 2 is 2.62 bits per heavy atom. The molecule has 72 valence electrons. The van der Waals surface area contributed by atoms with Gasteiger partial charge in [-0.3, -0.25) is 0 Å². The summed E-state index contributed by atoms with van der Waals surface area (Å²) in [5, 5.41) is 9.94. The van der Waals surface area contributed by atoms with Gasteiger partial charge < -0.3 is 9.84 Å². The fourth-order valence-corrected chi connectivity index (χ4v) is 2.45. The molecule has 0 radical (unpaired) electrons. The molecular weight excluding hydrogens is 186 g/mol. The van der Waals surface area contributed by atoms with E-state index in [0.29, 0.717) is 0 Å². The van der Waals surface area contributed by atoms with Crippen LogP contribution in [0.1, 0.15) is 29.5 Å². The van der Waals surface area contributed by atoms with Gasteiger partial charge in [0.05, 0.1) is 22.2 Å². The Balaban J connectivity index is 2.12. The number of aryl methyl sites for hydroxylation is 1. The van der Waals surface area contributed by atoms with E-state index < -0.39 is 6.10 Å². The summed E-state index contributed by atoms with van der Waals surface area (Å²) in [6, 6.07) is 0. The predicted molar refractivity (Wildman–Crippen MR) is 50.8 cm³/mol.